The summed E-state index contributed by atoms with van der Waals surface area (Å²) in [4.78, 5) is 36.7. The van der Waals surface area contributed by atoms with E-state index in [4.69, 9.17) is 5.11 Å². The summed E-state index contributed by atoms with van der Waals surface area (Å²) in [6.45, 7) is -0.738. The number of nitrogens with zero attached hydrogens (tertiary/aromatic N) is 1. The number of carbonyl (C=O) groups is 3. The Kier molecular flexibility index (Phi) is 10.7. The lowest BCUT2D eigenvalue weighted by molar-refractivity contribution is -0.122. The number of halogens is 3. The van der Waals surface area contributed by atoms with Gasteiger partial charge in [0.05, 0.1) is 53.3 Å². The van der Waals surface area contributed by atoms with Crippen molar-refractivity contribution in [2.75, 3.05) is 13.2 Å². The zero-order valence-corrected chi connectivity index (χ0v) is 20.3. The molecule has 1 unspecified atom stereocenters. The second kappa shape index (κ2) is 11.6. The molecule has 27 heavy (non-hydrogen) atoms. The van der Waals surface area contributed by atoms with Gasteiger partial charge in [0, 0.05) is 6.42 Å². The predicted octanol–water partition coefficient (Wildman–Crippen LogP) is 0.889. The maximum atomic E-state index is 12.7. The summed E-state index contributed by atoms with van der Waals surface area (Å²) in [6, 6.07) is 6.10. The molecule has 0 spiro atoms. The van der Waals surface area contributed by atoms with Gasteiger partial charge >= 0.3 is 0 Å². The molecule has 0 fully saturated rings. The molecule has 0 aliphatic carbocycles. The first kappa shape index (κ1) is 24.7. The minimum Gasteiger partial charge on any atom is -0.394 e. The number of amides is 3. The van der Waals surface area contributed by atoms with E-state index in [1.807, 2.05) is 45.2 Å². The van der Waals surface area contributed by atoms with Gasteiger partial charge in [0.15, 0.2) is 1.55 Å². The highest BCUT2D eigenvalue weighted by atomic mass is 127. The molecule has 0 heterocycles. The number of hydrogen-bond donors (Lipinski definition) is 5. The molecule has 0 aromatic heterocycles. The molecule has 12 heteroatoms. The Morgan fingerprint density at radius 3 is 2.26 bits per heavy atom. The summed E-state index contributed by atoms with van der Waals surface area (Å²) >= 11 is 5.61. The lowest BCUT2D eigenvalue weighted by Gasteiger charge is -2.28. The fourth-order valence-corrected chi connectivity index (χ4v) is 2.68. The van der Waals surface area contributed by atoms with Crippen LogP contribution in [0.25, 0.3) is 0 Å². The van der Waals surface area contributed by atoms with Gasteiger partial charge in [0.2, 0.25) is 5.91 Å². The largest absolute Gasteiger partial charge is 0.394 e. The number of aliphatic hydroxyl groups excluding tert-OH is 3. The quantitative estimate of drug-likeness (QED) is 0.0892. The Hall–Kier alpha value is -0.300. The van der Waals surface area contributed by atoms with Gasteiger partial charge in [0.1, 0.15) is 0 Å². The second-order valence-electron chi connectivity index (χ2n) is 5.33. The zero-order chi connectivity index (χ0) is 20.6. The van der Waals surface area contributed by atoms with Crippen LogP contribution in [0.3, 0.4) is 0 Å². The van der Waals surface area contributed by atoms with Gasteiger partial charge in [-0.15, -0.1) is 0 Å². The normalized spacial score (nSPS) is 12.2. The van der Waals surface area contributed by atoms with Crippen molar-refractivity contribution in [3.05, 3.63) is 35.4 Å². The van der Waals surface area contributed by atoms with Crippen molar-refractivity contribution in [3.8, 4) is 0 Å². The van der Waals surface area contributed by atoms with Gasteiger partial charge in [-0.25, -0.2) is 0 Å². The van der Waals surface area contributed by atoms with Gasteiger partial charge in [-0.05, 0) is 63.7 Å². The first-order valence-electron chi connectivity index (χ1n) is 7.60. The average Bonchev–Trinajstić information content (AvgIpc) is 2.68. The number of nitrogens with one attached hydrogen (secondary N) is 2. The van der Waals surface area contributed by atoms with Crippen molar-refractivity contribution in [1.29, 1.82) is 0 Å². The molecule has 0 aliphatic heterocycles. The topological polar surface area (TPSA) is 139 Å². The molecule has 0 radical (unpaired) electrons. The first-order valence-corrected chi connectivity index (χ1v) is 10.7. The minimum absolute atomic E-state index is 0.0473. The maximum Gasteiger partial charge on any atom is 0.270 e. The number of rotatable bonds is 8. The first-order chi connectivity index (χ1) is 12.6. The SMILES string of the molecule is O=C(CCC(O)CO)NNC(=O)c1ccccc1C(=O)N(I)C(I)(I)CO. The second-order valence-corrected chi connectivity index (χ2v) is 11.9. The molecular weight excluding hydrogens is 699 g/mol. The fraction of sp³-hybridized carbons (Fsp3) is 0.400. The van der Waals surface area contributed by atoms with E-state index >= 15 is 0 Å². The van der Waals surface area contributed by atoms with Gasteiger partial charge in [-0.2, -0.15) is 0 Å². The van der Waals surface area contributed by atoms with Crippen LogP contribution in [0.4, 0.5) is 0 Å². The van der Waals surface area contributed by atoms with E-state index in [0.29, 0.717) is 0 Å². The molecule has 150 valence electrons. The van der Waals surface area contributed by atoms with Crippen LogP contribution in [-0.2, 0) is 4.79 Å². The number of hydrazine groups is 1. The highest BCUT2D eigenvalue weighted by Gasteiger charge is 2.34. The van der Waals surface area contributed by atoms with Crippen molar-refractivity contribution < 1.29 is 29.7 Å². The van der Waals surface area contributed by atoms with Crippen molar-refractivity contribution in [2.45, 2.75) is 20.5 Å². The molecule has 1 rings (SSSR count). The van der Waals surface area contributed by atoms with E-state index in [1.54, 1.807) is 35.0 Å². The Balaban J connectivity index is 2.82. The van der Waals surface area contributed by atoms with Crippen molar-refractivity contribution in [2.24, 2.45) is 0 Å². The molecule has 0 aliphatic rings. The van der Waals surface area contributed by atoms with E-state index in [0.717, 1.165) is 0 Å². The number of carbonyl (C=O) groups excluding carboxylic acids is 3. The van der Waals surface area contributed by atoms with Crippen molar-refractivity contribution >= 4 is 85.8 Å². The van der Waals surface area contributed by atoms with Crippen molar-refractivity contribution in [3.63, 3.8) is 0 Å². The standard InChI is InChI=1S/C15H18I3N3O6/c16-15(17,8-23)21(18)14(27)11-4-2-1-3-10(11)13(26)20-19-12(25)6-5-9(24)7-22/h1-4,9,22-24H,5-8H2,(H,19,25)(H,20,26). The minimum atomic E-state index is -1.01. The van der Waals surface area contributed by atoms with Crippen LogP contribution < -0.4 is 10.9 Å². The smallest absolute Gasteiger partial charge is 0.270 e. The Labute approximate surface area is 197 Å². The van der Waals surface area contributed by atoms with E-state index in [9.17, 15) is 24.6 Å². The van der Waals surface area contributed by atoms with Gasteiger partial charge in [0.25, 0.3) is 11.8 Å². The number of benzene rings is 1. The third-order valence-corrected chi connectivity index (χ3v) is 8.04. The summed E-state index contributed by atoms with van der Waals surface area (Å²) in [5.41, 5.74) is 4.58. The molecule has 1 aromatic rings. The summed E-state index contributed by atoms with van der Waals surface area (Å²) in [7, 11) is 0. The average molecular weight is 717 g/mol. The van der Waals surface area contributed by atoms with E-state index in [2.05, 4.69) is 10.9 Å². The predicted molar refractivity (Wildman–Crippen MR) is 122 cm³/mol. The van der Waals surface area contributed by atoms with Crippen LogP contribution in [0.15, 0.2) is 24.3 Å². The fourth-order valence-electron chi connectivity index (χ4n) is 1.83. The van der Waals surface area contributed by atoms with E-state index < -0.39 is 32.0 Å². The molecule has 1 aromatic carbocycles. The molecule has 0 saturated carbocycles. The molecule has 0 saturated heterocycles. The van der Waals surface area contributed by atoms with Crippen LogP contribution >= 0.6 is 68.0 Å². The van der Waals surface area contributed by atoms with Crippen LogP contribution in [-0.4, -0.2) is 57.0 Å². The summed E-state index contributed by atoms with van der Waals surface area (Å²) < 4.78 is 0.394. The van der Waals surface area contributed by atoms with Crippen LogP contribution in [0.1, 0.15) is 33.6 Å². The zero-order valence-electron chi connectivity index (χ0n) is 13.9. The molecular formula is C15H18I3N3O6. The third kappa shape index (κ3) is 7.56. The molecule has 9 nitrogen and oxygen atoms in total. The van der Waals surface area contributed by atoms with Crippen molar-refractivity contribution in [1.82, 2.24) is 14.0 Å². The highest BCUT2D eigenvalue weighted by molar-refractivity contribution is 14.2. The maximum absolute atomic E-state index is 12.7. The van der Waals surface area contributed by atoms with Crippen LogP contribution in [0.5, 0.6) is 0 Å². The summed E-state index contributed by atoms with van der Waals surface area (Å²) in [6.07, 6.45) is -1.05. The van der Waals surface area contributed by atoms with E-state index in [-0.39, 0.29) is 30.6 Å². The number of hydrogen-bond acceptors (Lipinski definition) is 6. The molecule has 3 amide bonds. The highest BCUT2D eigenvalue weighted by Crippen LogP contribution is 2.36. The lowest BCUT2D eigenvalue weighted by Crippen LogP contribution is -2.43. The number of alkyl halides is 2. The monoisotopic (exact) mass is 717 g/mol. The lowest BCUT2D eigenvalue weighted by atomic mass is 10.1. The molecule has 1 atom stereocenters. The van der Waals surface area contributed by atoms with Gasteiger partial charge in [-0.3, -0.25) is 28.3 Å². The summed E-state index contributed by atoms with van der Waals surface area (Å²) in [5, 5.41) is 27.3. The summed E-state index contributed by atoms with van der Waals surface area (Å²) in [5.74, 6) is -1.71. The Morgan fingerprint density at radius 1 is 1.11 bits per heavy atom. The molecule has 0 bridgehead atoms. The van der Waals surface area contributed by atoms with E-state index in [1.165, 1.54) is 15.2 Å². The van der Waals surface area contributed by atoms with Gasteiger partial charge < -0.3 is 15.3 Å². The van der Waals surface area contributed by atoms with Crippen LogP contribution in [0.2, 0.25) is 0 Å². The third-order valence-electron chi connectivity index (χ3n) is 3.29. The molecule has 5 N–H and O–H groups in total. The Bertz CT molecular complexity index is 689. The van der Waals surface area contributed by atoms with Crippen LogP contribution in [0, 0.1) is 0 Å². The van der Waals surface area contributed by atoms with Gasteiger partial charge in [-0.1, -0.05) is 12.1 Å². The Morgan fingerprint density at radius 2 is 1.70 bits per heavy atom. The number of aliphatic hydroxyl groups is 3.